The van der Waals surface area contributed by atoms with E-state index in [1.165, 1.54) is 17.0 Å². The van der Waals surface area contributed by atoms with E-state index in [1.807, 2.05) is 25.8 Å². The van der Waals surface area contributed by atoms with E-state index in [4.69, 9.17) is 4.74 Å². The number of alkyl halides is 4. The largest absolute Gasteiger partial charge is 0.446 e. The Bertz CT molecular complexity index is 1490. The van der Waals surface area contributed by atoms with Crippen LogP contribution in [-0.2, 0) is 4.74 Å². The number of ether oxygens (including phenoxy) is 1. The number of amides is 2. The number of nitrogens with zero attached hydrogens (tertiary/aromatic N) is 3. The third-order valence-corrected chi connectivity index (χ3v) is 8.31. The quantitative estimate of drug-likeness (QED) is 0.454. The summed E-state index contributed by atoms with van der Waals surface area (Å²) >= 11 is 0. The van der Waals surface area contributed by atoms with Crippen molar-refractivity contribution < 1.29 is 36.3 Å². The van der Waals surface area contributed by atoms with Crippen LogP contribution in [0.5, 0.6) is 0 Å². The molecule has 1 aromatic carbocycles. The molecule has 232 valence electrons. The average molecular weight is 610 g/mol. The van der Waals surface area contributed by atoms with Crippen LogP contribution in [0.3, 0.4) is 0 Å². The van der Waals surface area contributed by atoms with Gasteiger partial charge in [0, 0.05) is 74.5 Å². The van der Waals surface area contributed by atoms with Crippen molar-refractivity contribution in [3.63, 3.8) is 0 Å². The van der Waals surface area contributed by atoms with Crippen LogP contribution < -0.4 is 15.8 Å². The summed E-state index contributed by atoms with van der Waals surface area (Å²) < 4.78 is 74.5. The molecular weight excluding hydrogens is 577 g/mol. The smallest absolute Gasteiger partial charge is 0.410 e. The number of carbonyl (C=O) groups is 2. The maximum atomic E-state index is 15.7. The van der Waals surface area contributed by atoms with Crippen LogP contribution in [0.2, 0.25) is 0 Å². The van der Waals surface area contributed by atoms with E-state index in [2.05, 4.69) is 15.2 Å². The summed E-state index contributed by atoms with van der Waals surface area (Å²) in [6.45, 7) is 4.98. The van der Waals surface area contributed by atoms with Gasteiger partial charge in [-0.2, -0.15) is 0 Å². The molecule has 3 heterocycles. The molecule has 1 saturated carbocycles. The lowest BCUT2D eigenvalue weighted by Gasteiger charge is -2.44. The number of pyridine rings is 1. The highest BCUT2D eigenvalue weighted by atomic mass is 19.3. The summed E-state index contributed by atoms with van der Waals surface area (Å²) in [6, 6.07) is 3.45. The SMILES string of the molecule is C[C@@H]1CN(c2cc(F)c(C3=CCN(C(=O)OC4CC(F)(F)C4)C3)cc2NC(=O)c2c[nH]c(=O)cc2C(F)F)C[C@H](C)N1C. The van der Waals surface area contributed by atoms with Crippen molar-refractivity contribution >= 4 is 28.9 Å². The molecule has 0 unspecified atom stereocenters. The van der Waals surface area contributed by atoms with E-state index in [0.29, 0.717) is 30.4 Å². The number of rotatable bonds is 6. The van der Waals surface area contributed by atoms with Gasteiger partial charge in [0.1, 0.15) is 11.9 Å². The highest BCUT2D eigenvalue weighted by Crippen LogP contribution is 2.40. The molecular formula is C29H32F5N5O4. The number of likely N-dealkylation sites (N-methyl/N-ethyl adjacent to an activating group) is 1. The van der Waals surface area contributed by atoms with E-state index in [9.17, 15) is 31.9 Å². The van der Waals surface area contributed by atoms with Gasteiger partial charge in [0.25, 0.3) is 18.3 Å². The molecule has 9 nitrogen and oxygen atoms in total. The maximum Gasteiger partial charge on any atom is 0.410 e. The van der Waals surface area contributed by atoms with Gasteiger partial charge >= 0.3 is 6.09 Å². The third-order valence-electron chi connectivity index (χ3n) is 8.31. The second-order valence-corrected chi connectivity index (χ2v) is 11.4. The molecule has 2 amide bonds. The Balaban J connectivity index is 1.44. The first-order valence-electron chi connectivity index (χ1n) is 13.9. The predicted octanol–water partition coefficient (Wildman–Crippen LogP) is 4.87. The molecule has 0 bridgehead atoms. The number of carbonyl (C=O) groups excluding carboxylic acids is 2. The summed E-state index contributed by atoms with van der Waals surface area (Å²) in [5, 5.41) is 2.63. The Morgan fingerprint density at radius 1 is 1.12 bits per heavy atom. The zero-order valence-corrected chi connectivity index (χ0v) is 23.8. The van der Waals surface area contributed by atoms with Gasteiger partial charge in [0.2, 0.25) is 5.56 Å². The summed E-state index contributed by atoms with van der Waals surface area (Å²) in [6.07, 6.45) is -3.36. The Kier molecular flexibility index (Phi) is 8.25. The zero-order valence-electron chi connectivity index (χ0n) is 23.8. The summed E-state index contributed by atoms with van der Waals surface area (Å²) in [7, 11) is 1.97. The standard InChI is InChI=1S/C29H32F5N5O4/c1-15-12-39(13-16(2)37(15)3)24-8-22(30)19(17-4-5-38(14-17)28(42)43-18-9-29(33,34)10-18)6-23(24)36-27(41)21-11-35-25(40)7-20(21)26(31)32/h4,6-8,11,15-16,18,26H,5,9-10,12-14H2,1-3H3,(H,35,40)(H,36,41)/t15-,16+. The molecule has 2 aromatic rings. The minimum absolute atomic E-state index is 0.0583. The number of piperazine rings is 1. The van der Waals surface area contributed by atoms with Gasteiger partial charge in [-0.05, 0) is 38.6 Å². The summed E-state index contributed by atoms with van der Waals surface area (Å²) in [5.41, 5.74) is -1.03. The summed E-state index contributed by atoms with van der Waals surface area (Å²) in [4.78, 5) is 45.0. The number of anilines is 2. The van der Waals surface area contributed by atoms with Gasteiger partial charge < -0.3 is 24.8 Å². The van der Waals surface area contributed by atoms with Crippen molar-refractivity contribution in [1.29, 1.82) is 0 Å². The highest BCUT2D eigenvalue weighted by molar-refractivity contribution is 6.07. The monoisotopic (exact) mass is 609 g/mol. The number of aromatic amines is 1. The van der Waals surface area contributed by atoms with Gasteiger partial charge in [-0.1, -0.05) is 6.08 Å². The minimum Gasteiger partial charge on any atom is -0.446 e. The van der Waals surface area contributed by atoms with Gasteiger partial charge in [-0.25, -0.2) is 26.7 Å². The molecule has 14 heteroatoms. The Labute approximate surface area is 244 Å². The molecule has 1 aliphatic carbocycles. The lowest BCUT2D eigenvalue weighted by molar-refractivity contribution is -0.147. The van der Waals surface area contributed by atoms with Crippen LogP contribution in [0, 0.1) is 5.82 Å². The van der Waals surface area contributed by atoms with Crippen LogP contribution in [-0.4, -0.2) is 84.1 Å². The van der Waals surface area contributed by atoms with Crippen molar-refractivity contribution in [2.24, 2.45) is 0 Å². The van der Waals surface area contributed by atoms with E-state index >= 15 is 4.39 Å². The van der Waals surface area contributed by atoms with Gasteiger partial charge in [0.15, 0.2) is 0 Å². The molecule has 5 rings (SSSR count). The molecule has 2 aliphatic heterocycles. The third kappa shape index (κ3) is 6.38. The van der Waals surface area contributed by atoms with Crippen LogP contribution in [0.4, 0.5) is 38.1 Å². The first-order chi connectivity index (χ1) is 20.2. The lowest BCUT2D eigenvalue weighted by Crippen LogP contribution is -2.55. The second kappa shape index (κ2) is 11.6. The fourth-order valence-electron chi connectivity index (χ4n) is 5.62. The summed E-state index contributed by atoms with van der Waals surface area (Å²) in [5.74, 6) is -4.41. The van der Waals surface area contributed by atoms with E-state index in [1.54, 1.807) is 6.08 Å². The van der Waals surface area contributed by atoms with Crippen molar-refractivity contribution in [3.8, 4) is 0 Å². The molecule has 0 radical (unpaired) electrons. The van der Waals surface area contributed by atoms with Crippen LogP contribution >= 0.6 is 0 Å². The van der Waals surface area contributed by atoms with Crippen LogP contribution in [0.15, 0.2) is 35.3 Å². The predicted molar refractivity (Wildman–Crippen MR) is 149 cm³/mol. The molecule has 2 fully saturated rings. The van der Waals surface area contributed by atoms with Crippen molar-refractivity contribution in [2.75, 3.05) is 43.4 Å². The molecule has 1 aromatic heterocycles. The number of H-pyrrole nitrogens is 1. The lowest BCUT2D eigenvalue weighted by atomic mass is 9.91. The van der Waals surface area contributed by atoms with Crippen LogP contribution in [0.1, 0.15) is 54.6 Å². The van der Waals surface area contributed by atoms with Crippen molar-refractivity contribution in [3.05, 3.63) is 63.3 Å². The normalized spacial score (nSPS) is 22.4. The number of hydrogen-bond acceptors (Lipinski definition) is 6. The average Bonchev–Trinajstić information content (AvgIpc) is 3.41. The molecule has 3 aliphatic rings. The maximum absolute atomic E-state index is 15.7. The van der Waals surface area contributed by atoms with Crippen molar-refractivity contribution in [2.45, 2.75) is 57.2 Å². The number of hydrogen-bond donors (Lipinski definition) is 2. The van der Waals surface area contributed by atoms with Gasteiger partial charge in [-0.3, -0.25) is 14.5 Å². The Hall–Kier alpha value is -3.94. The number of aromatic nitrogens is 1. The topological polar surface area (TPSA) is 98.0 Å². The first kappa shape index (κ1) is 30.5. The molecule has 1 saturated heterocycles. The van der Waals surface area contributed by atoms with Gasteiger partial charge in [-0.15, -0.1) is 0 Å². The van der Waals surface area contributed by atoms with Crippen LogP contribution in [0.25, 0.3) is 5.57 Å². The number of benzene rings is 1. The fraction of sp³-hybridized carbons (Fsp3) is 0.483. The highest BCUT2D eigenvalue weighted by Gasteiger charge is 2.48. The fourth-order valence-corrected chi connectivity index (χ4v) is 5.62. The van der Waals surface area contributed by atoms with E-state index in [0.717, 1.165) is 6.20 Å². The van der Waals surface area contributed by atoms with Crippen molar-refractivity contribution in [1.82, 2.24) is 14.8 Å². The number of halogens is 5. The molecule has 43 heavy (non-hydrogen) atoms. The Morgan fingerprint density at radius 2 is 1.79 bits per heavy atom. The van der Waals surface area contributed by atoms with E-state index in [-0.39, 0.29) is 36.4 Å². The van der Waals surface area contributed by atoms with Gasteiger partial charge in [0.05, 0.1) is 16.9 Å². The minimum atomic E-state index is -3.09. The number of nitrogens with one attached hydrogen (secondary N) is 2. The Morgan fingerprint density at radius 3 is 2.42 bits per heavy atom. The molecule has 0 spiro atoms. The molecule has 2 atom stereocenters. The van der Waals surface area contributed by atoms with E-state index < -0.39 is 65.8 Å². The second-order valence-electron chi connectivity index (χ2n) is 11.4. The zero-order chi connectivity index (χ0) is 31.2. The first-order valence-corrected chi connectivity index (χ1v) is 13.9. The molecule has 2 N–H and O–H groups in total.